The molecule has 0 aliphatic heterocycles. The van der Waals surface area contributed by atoms with Crippen molar-refractivity contribution in [3.63, 3.8) is 0 Å². The minimum atomic E-state index is -1.06. The molecule has 0 aliphatic carbocycles. The van der Waals surface area contributed by atoms with Crippen molar-refractivity contribution >= 4 is 11.9 Å². The van der Waals surface area contributed by atoms with Gasteiger partial charge in [-0.05, 0) is 30.9 Å². The van der Waals surface area contributed by atoms with E-state index < -0.39 is 12.0 Å². The third-order valence-corrected chi connectivity index (χ3v) is 3.21. The topological polar surface area (TPSA) is 92.4 Å². The van der Waals surface area contributed by atoms with E-state index in [0.29, 0.717) is 30.9 Å². The summed E-state index contributed by atoms with van der Waals surface area (Å²) in [5.74, 6) is -0.935. The van der Waals surface area contributed by atoms with Crippen LogP contribution in [0.1, 0.15) is 37.8 Å². The molecule has 0 bridgehead atoms. The van der Waals surface area contributed by atoms with Gasteiger partial charge in [-0.2, -0.15) is 0 Å². The Morgan fingerprint density at radius 3 is 2.45 bits per heavy atom. The van der Waals surface area contributed by atoms with Crippen molar-refractivity contribution in [2.75, 3.05) is 6.54 Å². The number of aliphatic carboxylic acids is 1. The summed E-state index contributed by atoms with van der Waals surface area (Å²) in [4.78, 5) is 23.1. The van der Waals surface area contributed by atoms with E-state index in [0.717, 1.165) is 6.42 Å². The maximum Gasteiger partial charge on any atom is 0.330 e. The molecule has 1 aromatic rings. The Morgan fingerprint density at radius 2 is 1.90 bits per heavy atom. The van der Waals surface area contributed by atoms with Gasteiger partial charge < -0.3 is 16.2 Å². The number of carboxylic acids is 1. The average Bonchev–Trinajstić information content (AvgIpc) is 2.43. The second-order valence-corrected chi connectivity index (χ2v) is 4.97. The maximum atomic E-state index is 11.8. The summed E-state index contributed by atoms with van der Waals surface area (Å²) in [6.07, 6.45) is 1.90. The Balaban J connectivity index is 2.55. The number of hydrogen-bond donors (Lipinski definition) is 3. The van der Waals surface area contributed by atoms with Gasteiger partial charge in [0.1, 0.15) is 0 Å². The van der Waals surface area contributed by atoms with Crippen LogP contribution >= 0.6 is 0 Å². The molecule has 1 rings (SSSR count). The molecule has 1 aromatic carbocycles. The van der Waals surface area contributed by atoms with Crippen LogP contribution in [0.15, 0.2) is 30.3 Å². The number of amides is 1. The lowest BCUT2D eigenvalue weighted by molar-refractivity contribution is -0.142. The Labute approximate surface area is 119 Å². The highest BCUT2D eigenvalue weighted by atomic mass is 16.4. The standard InChI is InChI=1S/C15H22N2O3/c1-11(9-10-16)7-8-13(18)17-14(15(19)20)12-5-3-2-4-6-12/h2-6,11,14H,7-10,16H2,1H3,(H,17,18)(H,19,20). The van der Waals surface area contributed by atoms with Crippen LogP contribution in [0, 0.1) is 5.92 Å². The van der Waals surface area contributed by atoms with Crippen LogP contribution in [0.2, 0.25) is 0 Å². The maximum absolute atomic E-state index is 11.8. The van der Waals surface area contributed by atoms with Crippen LogP contribution in [0.5, 0.6) is 0 Å². The van der Waals surface area contributed by atoms with Crippen molar-refractivity contribution in [3.05, 3.63) is 35.9 Å². The molecule has 1 amide bonds. The quantitative estimate of drug-likeness (QED) is 0.674. The van der Waals surface area contributed by atoms with Crippen molar-refractivity contribution in [1.29, 1.82) is 0 Å². The van der Waals surface area contributed by atoms with Gasteiger partial charge in [0.2, 0.25) is 5.91 Å². The highest BCUT2D eigenvalue weighted by Gasteiger charge is 2.21. The van der Waals surface area contributed by atoms with Crippen LogP contribution in [-0.2, 0) is 9.59 Å². The highest BCUT2D eigenvalue weighted by molar-refractivity contribution is 5.84. The number of carbonyl (C=O) groups excluding carboxylic acids is 1. The number of hydrogen-bond acceptors (Lipinski definition) is 3. The molecule has 110 valence electrons. The first-order chi connectivity index (χ1) is 9.54. The number of nitrogens with one attached hydrogen (secondary N) is 1. The van der Waals surface area contributed by atoms with Crippen molar-refractivity contribution in [1.82, 2.24) is 5.32 Å². The average molecular weight is 278 g/mol. The van der Waals surface area contributed by atoms with Crippen LogP contribution in [0.25, 0.3) is 0 Å². The fourth-order valence-corrected chi connectivity index (χ4v) is 1.97. The molecular weight excluding hydrogens is 256 g/mol. The number of carboxylic acid groups (broad SMARTS) is 1. The SMILES string of the molecule is CC(CCN)CCC(=O)NC(C(=O)O)c1ccccc1. The molecule has 0 heterocycles. The predicted molar refractivity (Wildman–Crippen MR) is 77.0 cm³/mol. The Hall–Kier alpha value is -1.88. The molecule has 0 fully saturated rings. The van der Waals surface area contributed by atoms with Crippen molar-refractivity contribution in [2.24, 2.45) is 11.7 Å². The van der Waals surface area contributed by atoms with E-state index in [1.807, 2.05) is 6.92 Å². The van der Waals surface area contributed by atoms with E-state index in [-0.39, 0.29) is 5.91 Å². The zero-order chi connectivity index (χ0) is 15.0. The summed E-state index contributed by atoms with van der Waals surface area (Å²) in [5.41, 5.74) is 6.03. The largest absolute Gasteiger partial charge is 0.479 e. The van der Waals surface area contributed by atoms with E-state index in [4.69, 9.17) is 5.73 Å². The van der Waals surface area contributed by atoms with E-state index in [2.05, 4.69) is 5.32 Å². The second kappa shape index (κ2) is 8.32. The minimum absolute atomic E-state index is 0.245. The number of benzene rings is 1. The molecule has 0 spiro atoms. The van der Waals surface area contributed by atoms with Crippen LogP contribution in [0.3, 0.4) is 0 Å². The van der Waals surface area contributed by atoms with Gasteiger partial charge in [0.05, 0.1) is 0 Å². The molecule has 0 aromatic heterocycles. The zero-order valence-electron chi connectivity index (χ0n) is 11.7. The first-order valence-corrected chi connectivity index (χ1v) is 6.81. The summed E-state index contributed by atoms with van der Waals surface area (Å²) in [6.45, 7) is 2.64. The number of carbonyl (C=O) groups is 2. The lowest BCUT2D eigenvalue weighted by Crippen LogP contribution is -2.33. The normalized spacial score (nSPS) is 13.5. The van der Waals surface area contributed by atoms with Gasteiger partial charge in [-0.25, -0.2) is 4.79 Å². The van der Waals surface area contributed by atoms with Crippen molar-refractivity contribution < 1.29 is 14.7 Å². The highest BCUT2D eigenvalue weighted by Crippen LogP contribution is 2.14. The summed E-state index contributed by atoms with van der Waals surface area (Å²) in [7, 11) is 0. The van der Waals surface area contributed by atoms with Crippen molar-refractivity contribution in [2.45, 2.75) is 32.2 Å². The lowest BCUT2D eigenvalue weighted by atomic mass is 10.0. The smallest absolute Gasteiger partial charge is 0.330 e. The first kappa shape index (κ1) is 16.2. The van der Waals surface area contributed by atoms with Crippen LogP contribution in [-0.4, -0.2) is 23.5 Å². The van der Waals surface area contributed by atoms with Gasteiger partial charge in [-0.15, -0.1) is 0 Å². The summed E-state index contributed by atoms with van der Waals surface area (Å²) in [6, 6.07) is 7.69. The molecular formula is C15H22N2O3. The van der Waals surface area contributed by atoms with Gasteiger partial charge in [0.25, 0.3) is 0 Å². The fraction of sp³-hybridized carbons (Fsp3) is 0.467. The fourth-order valence-electron chi connectivity index (χ4n) is 1.97. The molecule has 20 heavy (non-hydrogen) atoms. The van der Waals surface area contributed by atoms with Gasteiger partial charge in [0, 0.05) is 6.42 Å². The lowest BCUT2D eigenvalue weighted by Gasteiger charge is -2.16. The third-order valence-electron chi connectivity index (χ3n) is 3.21. The molecule has 5 heteroatoms. The third kappa shape index (κ3) is 5.40. The van der Waals surface area contributed by atoms with Crippen molar-refractivity contribution in [3.8, 4) is 0 Å². The number of rotatable bonds is 8. The second-order valence-electron chi connectivity index (χ2n) is 4.97. The van der Waals surface area contributed by atoms with E-state index in [1.165, 1.54) is 0 Å². The van der Waals surface area contributed by atoms with Crippen LogP contribution in [0.4, 0.5) is 0 Å². The Bertz CT molecular complexity index is 434. The molecule has 0 saturated heterocycles. The van der Waals surface area contributed by atoms with Gasteiger partial charge in [-0.1, -0.05) is 37.3 Å². The summed E-state index contributed by atoms with van der Waals surface area (Å²) < 4.78 is 0. The predicted octanol–water partition coefficient (Wildman–Crippen LogP) is 1.69. The van der Waals surface area contributed by atoms with Gasteiger partial charge in [-0.3, -0.25) is 4.79 Å². The molecule has 0 aliphatic rings. The Kier molecular flexibility index (Phi) is 6.73. The zero-order valence-corrected chi connectivity index (χ0v) is 11.7. The van der Waals surface area contributed by atoms with E-state index in [9.17, 15) is 14.7 Å². The molecule has 2 atom stereocenters. The molecule has 0 saturated carbocycles. The first-order valence-electron chi connectivity index (χ1n) is 6.81. The Morgan fingerprint density at radius 1 is 1.25 bits per heavy atom. The van der Waals surface area contributed by atoms with E-state index in [1.54, 1.807) is 30.3 Å². The number of nitrogens with two attached hydrogens (primary N) is 1. The van der Waals surface area contributed by atoms with Gasteiger partial charge >= 0.3 is 5.97 Å². The molecule has 5 nitrogen and oxygen atoms in total. The van der Waals surface area contributed by atoms with Crippen LogP contribution < -0.4 is 11.1 Å². The minimum Gasteiger partial charge on any atom is -0.479 e. The molecule has 2 unspecified atom stereocenters. The summed E-state index contributed by atoms with van der Waals surface area (Å²) in [5, 5.41) is 11.8. The molecule has 0 radical (unpaired) electrons. The molecule has 4 N–H and O–H groups in total. The summed E-state index contributed by atoms with van der Waals surface area (Å²) >= 11 is 0. The monoisotopic (exact) mass is 278 g/mol. The van der Waals surface area contributed by atoms with E-state index >= 15 is 0 Å². The van der Waals surface area contributed by atoms with Gasteiger partial charge in [0.15, 0.2) is 6.04 Å².